The Labute approximate surface area is 179 Å². The lowest BCUT2D eigenvalue weighted by Crippen LogP contribution is -2.50. The predicted molar refractivity (Wildman–Crippen MR) is 122 cm³/mol. The van der Waals surface area contributed by atoms with Crippen LogP contribution >= 0.6 is 0 Å². The number of benzene rings is 2. The van der Waals surface area contributed by atoms with Crippen molar-refractivity contribution in [3.05, 3.63) is 65.7 Å². The number of para-hydroxylation sites is 1. The molecule has 1 aliphatic rings. The number of nitrogens with one attached hydrogen (secondary N) is 2. The second-order valence-corrected chi connectivity index (χ2v) is 8.56. The molecule has 0 aliphatic carbocycles. The summed E-state index contributed by atoms with van der Waals surface area (Å²) in [6.45, 7) is 7.98. The van der Waals surface area contributed by atoms with Crippen molar-refractivity contribution in [2.75, 3.05) is 25.0 Å². The van der Waals surface area contributed by atoms with Crippen LogP contribution in [0.1, 0.15) is 44.2 Å². The molecular weight excluding hydrogens is 374 g/mol. The molecule has 0 spiro atoms. The number of aryl methyl sites for hydroxylation is 1. The molecule has 1 aliphatic heterocycles. The Morgan fingerprint density at radius 3 is 2.37 bits per heavy atom. The van der Waals surface area contributed by atoms with Gasteiger partial charge < -0.3 is 15.5 Å². The zero-order valence-electron chi connectivity index (χ0n) is 18.2. The molecule has 2 aromatic carbocycles. The van der Waals surface area contributed by atoms with E-state index >= 15 is 0 Å². The van der Waals surface area contributed by atoms with Gasteiger partial charge in [0.25, 0.3) is 0 Å². The lowest BCUT2D eigenvalue weighted by Gasteiger charge is -2.37. The fraction of sp³-hybridized carbons (Fsp3) is 0.440. The van der Waals surface area contributed by atoms with Crippen molar-refractivity contribution in [1.82, 2.24) is 10.2 Å². The van der Waals surface area contributed by atoms with Gasteiger partial charge in [-0.25, -0.2) is 4.79 Å². The molecule has 30 heavy (non-hydrogen) atoms. The molecule has 0 saturated carbocycles. The van der Waals surface area contributed by atoms with Crippen molar-refractivity contribution in [3.63, 3.8) is 0 Å². The highest BCUT2D eigenvalue weighted by Gasteiger charge is 2.34. The van der Waals surface area contributed by atoms with Crippen molar-refractivity contribution in [2.24, 2.45) is 11.8 Å². The first-order valence-electron chi connectivity index (χ1n) is 10.9. The maximum Gasteiger partial charge on any atom is 0.317 e. The number of nitrogens with zero attached hydrogens (tertiary/aromatic N) is 1. The van der Waals surface area contributed by atoms with Crippen molar-refractivity contribution in [2.45, 2.75) is 39.5 Å². The fourth-order valence-corrected chi connectivity index (χ4v) is 3.89. The largest absolute Gasteiger partial charge is 0.338 e. The summed E-state index contributed by atoms with van der Waals surface area (Å²) < 4.78 is 0. The summed E-state index contributed by atoms with van der Waals surface area (Å²) in [5.74, 6) is 0.242. The second kappa shape index (κ2) is 10.3. The maximum atomic E-state index is 13.0. The molecule has 3 amide bonds. The number of amides is 3. The van der Waals surface area contributed by atoms with Crippen LogP contribution < -0.4 is 10.6 Å². The van der Waals surface area contributed by atoms with E-state index in [0.717, 1.165) is 18.5 Å². The average molecular weight is 408 g/mol. The van der Waals surface area contributed by atoms with Gasteiger partial charge in [0.05, 0.1) is 5.92 Å². The van der Waals surface area contributed by atoms with Gasteiger partial charge in [-0.05, 0) is 42.0 Å². The first-order chi connectivity index (χ1) is 14.5. The number of urea groups is 1. The Kier molecular flexibility index (Phi) is 7.50. The van der Waals surface area contributed by atoms with Crippen molar-refractivity contribution in [3.8, 4) is 0 Å². The number of piperidine rings is 1. The normalized spacial score (nSPS) is 18.9. The highest BCUT2D eigenvalue weighted by atomic mass is 16.2. The number of carbonyl (C=O) groups is 2. The minimum atomic E-state index is -0.250. The number of rotatable bonds is 6. The van der Waals surface area contributed by atoms with E-state index in [1.165, 1.54) is 11.1 Å². The van der Waals surface area contributed by atoms with Gasteiger partial charge in [-0.15, -0.1) is 0 Å². The number of hydrogen-bond acceptors (Lipinski definition) is 2. The summed E-state index contributed by atoms with van der Waals surface area (Å²) in [7, 11) is 0. The van der Waals surface area contributed by atoms with E-state index in [1.54, 1.807) is 4.90 Å². The number of carbonyl (C=O) groups excluding carboxylic acids is 2. The Morgan fingerprint density at radius 2 is 1.73 bits per heavy atom. The second-order valence-electron chi connectivity index (χ2n) is 8.56. The van der Waals surface area contributed by atoms with Crippen LogP contribution in [-0.2, 0) is 11.2 Å². The van der Waals surface area contributed by atoms with Gasteiger partial charge in [-0.3, -0.25) is 4.79 Å². The molecule has 3 rings (SSSR count). The van der Waals surface area contributed by atoms with Gasteiger partial charge in [0.15, 0.2) is 0 Å². The van der Waals surface area contributed by atoms with Crippen molar-refractivity contribution < 1.29 is 9.59 Å². The molecular formula is C25H33N3O2. The maximum absolute atomic E-state index is 13.0. The highest BCUT2D eigenvalue weighted by molar-refractivity contribution is 5.93. The molecule has 2 aromatic rings. The number of likely N-dealkylation sites (tertiary alicyclic amines) is 1. The molecule has 5 nitrogen and oxygen atoms in total. The molecule has 1 heterocycles. The van der Waals surface area contributed by atoms with E-state index in [-0.39, 0.29) is 23.8 Å². The SMILES string of the molecule is CCc1ccc(C2CC(C(=O)Nc3ccccc3)CN(C(=O)NCC(C)C)C2)cc1. The van der Waals surface area contributed by atoms with E-state index in [1.807, 2.05) is 30.3 Å². The van der Waals surface area contributed by atoms with Crippen LogP contribution in [0.2, 0.25) is 0 Å². The van der Waals surface area contributed by atoms with Gasteiger partial charge in [0.1, 0.15) is 0 Å². The van der Waals surface area contributed by atoms with Crippen LogP contribution in [0.4, 0.5) is 10.5 Å². The third-order valence-electron chi connectivity index (χ3n) is 5.67. The summed E-state index contributed by atoms with van der Waals surface area (Å²) in [6.07, 6.45) is 1.73. The van der Waals surface area contributed by atoms with Gasteiger partial charge in [-0.1, -0.05) is 63.2 Å². The van der Waals surface area contributed by atoms with E-state index < -0.39 is 0 Å². The molecule has 1 fully saturated rings. The van der Waals surface area contributed by atoms with Crippen LogP contribution in [-0.4, -0.2) is 36.5 Å². The summed E-state index contributed by atoms with van der Waals surface area (Å²) in [6, 6.07) is 18.0. The fourth-order valence-electron chi connectivity index (χ4n) is 3.89. The van der Waals surface area contributed by atoms with Crippen LogP contribution in [0, 0.1) is 11.8 Å². The Bertz CT molecular complexity index is 833. The summed E-state index contributed by atoms with van der Waals surface area (Å²) >= 11 is 0. The molecule has 0 bridgehead atoms. The third-order valence-corrected chi connectivity index (χ3v) is 5.67. The molecule has 5 heteroatoms. The Hall–Kier alpha value is -2.82. The van der Waals surface area contributed by atoms with Crippen molar-refractivity contribution >= 4 is 17.6 Å². The molecule has 160 valence electrons. The van der Waals surface area contributed by atoms with Crippen molar-refractivity contribution in [1.29, 1.82) is 0 Å². The smallest absolute Gasteiger partial charge is 0.317 e. The Morgan fingerprint density at radius 1 is 1.03 bits per heavy atom. The van der Waals surface area contributed by atoms with Gasteiger partial charge in [0, 0.05) is 31.2 Å². The molecule has 2 atom stereocenters. The zero-order valence-corrected chi connectivity index (χ0v) is 18.2. The van der Waals surface area contributed by atoms with Crippen LogP contribution in [0.5, 0.6) is 0 Å². The van der Waals surface area contributed by atoms with Crippen LogP contribution in [0.3, 0.4) is 0 Å². The van der Waals surface area contributed by atoms with Crippen LogP contribution in [0.15, 0.2) is 54.6 Å². The van der Waals surface area contributed by atoms with E-state index in [0.29, 0.717) is 25.6 Å². The topological polar surface area (TPSA) is 61.4 Å². The molecule has 0 aromatic heterocycles. The molecule has 1 saturated heterocycles. The quantitative estimate of drug-likeness (QED) is 0.732. The number of hydrogen-bond donors (Lipinski definition) is 2. The third kappa shape index (κ3) is 5.85. The first-order valence-corrected chi connectivity index (χ1v) is 10.9. The summed E-state index contributed by atoms with van der Waals surface area (Å²) in [5, 5.41) is 6.02. The minimum absolute atomic E-state index is 0.0299. The molecule has 0 radical (unpaired) electrons. The summed E-state index contributed by atoms with van der Waals surface area (Å²) in [5.41, 5.74) is 3.26. The van der Waals surface area contributed by atoms with E-state index in [4.69, 9.17) is 0 Å². The average Bonchev–Trinajstić information content (AvgIpc) is 2.77. The van der Waals surface area contributed by atoms with Gasteiger partial charge in [-0.2, -0.15) is 0 Å². The monoisotopic (exact) mass is 407 g/mol. The standard InChI is InChI=1S/C25H33N3O2/c1-4-19-10-12-20(13-11-19)21-14-22(24(29)27-23-8-6-5-7-9-23)17-28(16-21)25(30)26-15-18(2)3/h5-13,18,21-22H,4,14-17H2,1-3H3,(H,26,30)(H,27,29). The summed E-state index contributed by atoms with van der Waals surface area (Å²) in [4.78, 5) is 27.6. The van der Waals surface area contributed by atoms with Crippen LogP contribution in [0.25, 0.3) is 0 Å². The Balaban J connectivity index is 1.76. The predicted octanol–water partition coefficient (Wildman–Crippen LogP) is 4.66. The van der Waals surface area contributed by atoms with Gasteiger partial charge in [0.2, 0.25) is 5.91 Å². The lowest BCUT2D eigenvalue weighted by molar-refractivity contribution is -0.121. The highest BCUT2D eigenvalue weighted by Crippen LogP contribution is 2.31. The van der Waals surface area contributed by atoms with Gasteiger partial charge >= 0.3 is 6.03 Å². The van der Waals surface area contributed by atoms with E-state index in [2.05, 4.69) is 55.7 Å². The zero-order chi connectivity index (χ0) is 21.5. The first kappa shape index (κ1) is 21.9. The van der Waals surface area contributed by atoms with E-state index in [9.17, 15) is 9.59 Å². The minimum Gasteiger partial charge on any atom is -0.338 e. The molecule has 2 unspecified atom stereocenters. The molecule has 2 N–H and O–H groups in total. The number of anilines is 1. The lowest BCUT2D eigenvalue weighted by atomic mass is 9.83.